The predicted octanol–water partition coefficient (Wildman–Crippen LogP) is 1.10. The zero-order chi connectivity index (χ0) is 19.5. The van der Waals surface area contributed by atoms with Crippen molar-refractivity contribution in [3.8, 4) is 0 Å². The first kappa shape index (κ1) is 17.7. The summed E-state index contributed by atoms with van der Waals surface area (Å²) < 4.78 is 3.67. The molecule has 2 N–H and O–H groups in total. The molecule has 0 atom stereocenters. The summed E-state index contributed by atoms with van der Waals surface area (Å²) in [5.41, 5.74) is 1.74. The lowest BCUT2D eigenvalue weighted by Crippen LogP contribution is -2.32. The van der Waals surface area contributed by atoms with Crippen LogP contribution in [-0.4, -0.2) is 41.8 Å². The van der Waals surface area contributed by atoms with Gasteiger partial charge in [0.15, 0.2) is 0 Å². The summed E-state index contributed by atoms with van der Waals surface area (Å²) in [5, 5.41) is 7.90. The van der Waals surface area contributed by atoms with Gasteiger partial charge in [-0.25, -0.2) is 14.6 Å². The SMILES string of the molecule is Cc1cc2ccccc2n1CCNC(=O)c1cnc(Cn2cncn2)[nH]c1=O. The van der Waals surface area contributed by atoms with E-state index in [2.05, 4.69) is 42.1 Å². The lowest BCUT2D eigenvalue weighted by Gasteiger charge is -2.10. The molecular formula is C19H19N7O2. The minimum atomic E-state index is -0.481. The zero-order valence-corrected chi connectivity index (χ0v) is 15.3. The van der Waals surface area contributed by atoms with E-state index in [-0.39, 0.29) is 12.1 Å². The Bertz CT molecular complexity index is 1170. The van der Waals surface area contributed by atoms with Gasteiger partial charge in [-0.3, -0.25) is 9.59 Å². The Hall–Kier alpha value is -3.75. The van der Waals surface area contributed by atoms with Gasteiger partial charge in [-0.15, -0.1) is 0 Å². The van der Waals surface area contributed by atoms with Crippen LogP contribution in [0.1, 0.15) is 21.9 Å². The molecule has 0 fully saturated rings. The predicted molar refractivity (Wildman–Crippen MR) is 103 cm³/mol. The number of benzene rings is 1. The Morgan fingerprint density at radius 1 is 1.29 bits per heavy atom. The molecule has 0 unspecified atom stereocenters. The smallest absolute Gasteiger partial charge is 0.263 e. The number of fused-ring (bicyclic) bond motifs is 1. The molecule has 9 heteroatoms. The van der Waals surface area contributed by atoms with Crippen molar-refractivity contribution >= 4 is 16.8 Å². The van der Waals surface area contributed by atoms with E-state index < -0.39 is 11.5 Å². The number of aromatic amines is 1. The highest BCUT2D eigenvalue weighted by Gasteiger charge is 2.12. The van der Waals surface area contributed by atoms with E-state index in [1.165, 1.54) is 23.5 Å². The number of carbonyl (C=O) groups excluding carboxylic acids is 1. The maximum Gasteiger partial charge on any atom is 0.263 e. The maximum absolute atomic E-state index is 12.4. The Morgan fingerprint density at radius 3 is 2.93 bits per heavy atom. The Kier molecular flexibility index (Phi) is 4.71. The van der Waals surface area contributed by atoms with Crippen LogP contribution >= 0.6 is 0 Å². The summed E-state index contributed by atoms with van der Waals surface area (Å²) in [4.78, 5) is 35.2. The molecule has 4 aromatic rings. The topological polar surface area (TPSA) is 110 Å². The minimum absolute atomic E-state index is 0.0172. The number of carbonyl (C=O) groups is 1. The van der Waals surface area contributed by atoms with E-state index >= 15 is 0 Å². The van der Waals surface area contributed by atoms with E-state index in [1.54, 1.807) is 0 Å². The summed E-state index contributed by atoms with van der Waals surface area (Å²) in [7, 11) is 0. The molecule has 4 rings (SSSR count). The third-order valence-electron chi connectivity index (χ3n) is 4.51. The monoisotopic (exact) mass is 377 g/mol. The maximum atomic E-state index is 12.4. The van der Waals surface area contributed by atoms with Crippen LogP contribution in [0, 0.1) is 6.92 Å². The molecule has 0 bridgehead atoms. The fourth-order valence-electron chi connectivity index (χ4n) is 3.16. The Morgan fingerprint density at radius 2 is 2.14 bits per heavy atom. The lowest BCUT2D eigenvalue weighted by molar-refractivity contribution is 0.0950. The Labute approximate surface area is 160 Å². The summed E-state index contributed by atoms with van der Waals surface area (Å²) in [5.74, 6) is -0.0448. The average molecular weight is 377 g/mol. The molecule has 0 aliphatic heterocycles. The summed E-state index contributed by atoms with van der Waals surface area (Å²) in [6.07, 6.45) is 4.21. The van der Waals surface area contributed by atoms with Crippen molar-refractivity contribution in [2.75, 3.05) is 6.54 Å². The number of aryl methyl sites for hydroxylation is 1. The molecule has 0 saturated heterocycles. The highest BCUT2D eigenvalue weighted by molar-refractivity contribution is 5.93. The van der Waals surface area contributed by atoms with Gasteiger partial charge < -0.3 is 14.9 Å². The van der Waals surface area contributed by atoms with Crippen LogP contribution in [0.3, 0.4) is 0 Å². The molecule has 0 radical (unpaired) electrons. The number of nitrogens with one attached hydrogen (secondary N) is 2. The second-order valence-electron chi connectivity index (χ2n) is 6.42. The molecule has 142 valence electrons. The van der Waals surface area contributed by atoms with Crippen LogP contribution in [0.4, 0.5) is 0 Å². The van der Waals surface area contributed by atoms with Gasteiger partial charge in [0, 0.05) is 30.5 Å². The number of amides is 1. The van der Waals surface area contributed by atoms with Crippen molar-refractivity contribution in [2.24, 2.45) is 0 Å². The van der Waals surface area contributed by atoms with E-state index in [1.807, 2.05) is 25.1 Å². The number of nitrogens with zero attached hydrogens (tertiary/aromatic N) is 5. The first-order chi connectivity index (χ1) is 13.6. The molecule has 0 aliphatic carbocycles. The van der Waals surface area contributed by atoms with Crippen LogP contribution in [0.15, 0.2) is 54.0 Å². The largest absolute Gasteiger partial charge is 0.350 e. The van der Waals surface area contributed by atoms with Gasteiger partial charge in [-0.05, 0) is 24.4 Å². The minimum Gasteiger partial charge on any atom is -0.350 e. The van der Waals surface area contributed by atoms with Crippen molar-refractivity contribution in [3.63, 3.8) is 0 Å². The first-order valence-corrected chi connectivity index (χ1v) is 8.85. The molecule has 0 spiro atoms. The lowest BCUT2D eigenvalue weighted by atomic mass is 10.2. The highest BCUT2D eigenvalue weighted by Crippen LogP contribution is 2.18. The van der Waals surface area contributed by atoms with Gasteiger partial charge >= 0.3 is 0 Å². The summed E-state index contributed by atoms with van der Waals surface area (Å²) in [6.45, 7) is 3.32. The van der Waals surface area contributed by atoms with Gasteiger partial charge in [0.05, 0.1) is 0 Å². The van der Waals surface area contributed by atoms with Gasteiger partial charge in [0.25, 0.3) is 11.5 Å². The van der Waals surface area contributed by atoms with Gasteiger partial charge in [0.1, 0.15) is 30.6 Å². The van der Waals surface area contributed by atoms with Crippen LogP contribution in [0.2, 0.25) is 0 Å². The standard InChI is InChI=1S/C19H19N7O2/c1-13-8-14-4-2-3-5-16(14)26(13)7-6-21-18(27)15-9-22-17(24-19(15)28)10-25-12-20-11-23-25/h2-5,8-9,11-12H,6-7,10H2,1H3,(H,21,27)(H,22,24,28). The number of hydrogen-bond donors (Lipinski definition) is 2. The molecule has 3 aromatic heterocycles. The molecule has 9 nitrogen and oxygen atoms in total. The van der Waals surface area contributed by atoms with Crippen molar-refractivity contribution in [2.45, 2.75) is 20.0 Å². The molecular weight excluding hydrogens is 358 g/mol. The second kappa shape index (κ2) is 7.47. The average Bonchev–Trinajstić information content (AvgIpc) is 3.29. The Balaban J connectivity index is 1.41. The van der Waals surface area contributed by atoms with Crippen LogP contribution < -0.4 is 10.9 Å². The quantitative estimate of drug-likeness (QED) is 0.523. The van der Waals surface area contributed by atoms with Gasteiger partial charge in [-0.1, -0.05) is 18.2 Å². The number of H-pyrrole nitrogens is 1. The van der Waals surface area contributed by atoms with E-state index in [0.29, 0.717) is 18.9 Å². The van der Waals surface area contributed by atoms with Crippen LogP contribution in [0.25, 0.3) is 10.9 Å². The molecule has 1 aromatic carbocycles. The van der Waals surface area contributed by atoms with Crippen molar-refractivity contribution in [3.05, 3.63) is 76.6 Å². The van der Waals surface area contributed by atoms with Gasteiger partial charge in [-0.2, -0.15) is 5.10 Å². The van der Waals surface area contributed by atoms with Crippen LogP contribution in [-0.2, 0) is 13.1 Å². The summed E-state index contributed by atoms with van der Waals surface area (Å²) in [6, 6.07) is 10.2. The zero-order valence-electron chi connectivity index (χ0n) is 15.3. The van der Waals surface area contributed by atoms with Crippen LogP contribution in [0.5, 0.6) is 0 Å². The number of aromatic nitrogens is 6. The number of hydrogen-bond acceptors (Lipinski definition) is 5. The van der Waals surface area contributed by atoms with E-state index in [0.717, 1.165) is 16.6 Å². The van der Waals surface area contributed by atoms with Crippen molar-refractivity contribution < 1.29 is 4.79 Å². The molecule has 28 heavy (non-hydrogen) atoms. The third-order valence-corrected chi connectivity index (χ3v) is 4.51. The number of para-hydroxylation sites is 1. The molecule has 3 heterocycles. The molecule has 0 aliphatic rings. The molecule has 1 amide bonds. The van der Waals surface area contributed by atoms with Crippen molar-refractivity contribution in [1.82, 2.24) is 34.6 Å². The third kappa shape index (κ3) is 3.54. The number of rotatable bonds is 6. The second-order valence-corrected chi connectivity index (χ2v) is 6.42. The fourth-order valence-corrected chi connectivity index (χ4v) is 3.16. The summed E-state index contributed by atoms with van der Waals surface area (Å²) >= 11 is 0. The van der Waals surface area contributed by atoms with Crippen molar-refractivity contribution in [1.29, 1.82) is 0 Å². The normalized spacial score (nSPS) is 11.0. The van der Waals surface area contributed by atoms with Gasteiger partial charge in [0.2, 0.25) is 0 Å². The van der Waals surface area contributed by atoms with E-state index in [4.69, 9.17) is 0 Å². The molecule has 0 saturated carbocycles. The fraction of sp³-hybridized carbons (Fsp3) is 0.211. The first-order valence-electron chi connectivity index (χ1n) is 8.85. The highest BCUT2D eigenvalue weighted by atomic mass is 16.2. The van der Waals surface area contributed by atoms with E-state index in [9.17, 15) is 9.59 Å².